The average Bonchev–Trinajstić information content (AvgIpc) is 3.10. The Morgan fingerprint density at radius 1 is 0.929 bits per heavy atom. The van der Waals surface area contributed by atoms with E-state index in [2.05, 4.69) is 4.99 Å². The summed E-state index contributed by atoms with van der Waals surface area (Å²) in [5.41, 5.74) is 2.91. The van der Waals surface area contributed by atoms with Crippen LogP contribution in [0.3, 0.4) is 0 Å². The molecule has 0 bridgehead atoms. The fraction of sp³-hybridized carbons (Fsp3) is 0.0435. The number of ether oxygens (including phenoxy) is 2. The van der Waals surface area contributed by atoms with Crippen LogP contribution in [0.2, 0.25) is 5.02 Å². The van der Waals surface area contributed by atoms with Crippen LogP contribution in [0.15, 0.2) is 89.6 Å². The lowest BCUT2D eigenvalue weighted by Crippen LogP contribution is -2.04. The molecule has 1 heterocycles. The molecule has 0 fully saturated rings. The third kappa shape index (κ3) is 4.30. The van der Waals surface area contributed by atoms with Crippen LogP contribution in [0, 0.1) is 0 Å². The summed E-state index contributed by atoms with van der Waals surface area (Å²) in [6.45, 7) is 0.453. The summed E-state index contributed by atoms with van der Waals surface area (Å²) in [4.78, 5) is 16.4. The molecule has 0 spiro atoms. The van der Waals surface area contributed by atoms with Gasteiger partial charge in [0.15, 0.2) is 5.70 Å². The Bertz CT molecular complexity index is 1040. The Hall–Kier alpha value is -3.37. The van der Waals surface area contributed by atoms with Crippen molar-refractivity contribution in [2.75, 3.05) is 0 Å². The van der Waals surface area contributed by atoms with Crippen molar-refractivity contribution >= 4 is 29.5 Å². The van der Waals surface area contributed by atoms with E-state index in [1.165, 1.54) is 0 Å². The van der Waals surface area contributed by atoms with Crippen LogP contribution >= 0.6 is 11.6 Å². The van der Waals surface area contributed by atoms with Crippen molar-refractivity contribution in [3.05, 3.63) is 106 Å². The van der Waals surface area contributed by atoms with E-state index in [0.29, 0.717) is 17.5 Å². The van der Waals surface area contributed by atoms with Gasteiger partial charge in [0.2, 0.25) is 5.90 Å². The molecule has 0 atom stereocenters. The van der Waals surface area contributed by atoms with Crippen LogP contribution in [-0.2, 0) is 16.1 Å². The zero-order valence-electron chi connectivity index (χ0n) is 14.8. The molecular formula is C23H16ClNO3. The lowest BCUT2D eigenvalue weighted by molar-refractivity contribution is -0.129. The van der Waals surface area contributed by atoms with Gasteiger partial charge in [0, 0.05) is 10.6 Å². The molecule has 1 aliphatic rings. The molecule has 0 saturated carbocycles. The number of esters is 1. The zero-order chi connectivity index (χ0) is 19.3. The fourth-order valence-electron chi connectivity index (χ4n) is 2.68. The van der Waals surface area contributed by atoms with E-state index in [1.807, 2.05) is 78.9 Å². The van der Waals surface area contributed by atoms with Gasteiger partial charge in [-0.15, -0.1) is 0 Å². The van der Waals surface area contributed by atoms with E-state index in [4.69, 9.17) is 21.1 Å². The van der Waals surface area contributed by atoms with Crippen molar-refractivity contribution in [1.82, 2.24) is 0 Å². The van der Waals surface area contributed by atoms with E-state index in [-0.39, 0.29) is 5.70 Å². The van der Waals surface area contributed by atoms with Crippen LogP contribution in [0.4, 0.5) is 0 Å². The van der Waals surface area contributed by atoms with Gasteiger partial charge in [-0.3, -0.25) is 0 Å². The monoisotopic (exact) mass is 389 g/mol. The van der Waals surface area contributed by atoms with E-state index in [1.54, 1.807) is 6.08 Å². The first-order valence-electron chi connectivity index (χ1n) is 8.73. The highest BCUT2D eigenvalue weighted by atomic mass is 35.5. The van der Waals surface area contributed by atoms with Crippen LogP contribution < -0.4 is 4.74 Å². The van der Waals surface area contributed by atoms with E-state index in [9.17, 15) is 4.79 Å². The third-order valence-corrected chi connectivity index (χ3v) is 4.40. The molecule has 0 aliphatic carbocycles. The Morgan fingerprint density at radius 2 is 1.64 bits per heavy atom. The molecule has 0 unspecified atom stereocenters. The summed E-state index contributed by atoms with van der Waals surface area (Å²) in [7, 11) is 0. The number of aliphatic imine (C=N–C) groups is 1. The van der Waals surface area contributed by atoms with Crippen molar-refractivity contribution in [3.8, 4) is 5.75 Å². The Balaban J connectivity index is 1.44. The third-order valence-electron chi connectivity index (χ3n) is 4.14. The Kier molecular flexibility index (Phi) is 5.22. The highest BCUT2D eigenvalue weighted by Crippen LogP contribution is 2.21. The minimum absolute atomic E-state index is 0.272. The molecule has 138 valence electrons. The summed E-state index contributed by atoms with van der Waals surface area (Å²) < 4.78 is 11.0. The van der Waals surface area contributed by atoms with Gasteiger partial charge in [0.25, 0.3) is 0 Å². The van der Waals surface area contributed by atoms with Crippen LogP contribution in [0.1, 0.15) is 16.7 Å². The van der Waals surface area contributed by atoms with Gasteiger partial charge in [0.05, 0.1) is 0 Å². The number of carbonyl (C=O) groups is 1. The molecule has 3 aromatic rings. The number of carbonyl (C=O) groups excluding carboxylic acids is 1. The highest BCUT2D eigenvalue weighted by molar-refractivity contribution is 6.30. The van der Waals surface area contributed by atoms with E-state index < -0.39 is 5.97 Å². The van der Waals surface area contributed by atoms with Gasteiger partial charge >= 0.3 is 5.97 Å². The lowest BCUT2D eigenvalue weighted by Gasteiger charge is -2.06. The molecule has 0 N–H and O–H groups in total. The normalized spacial score (nSPS) is 14.7. The van der Waals surface area contributed by atoms with Crippen molar-refractivity contribution in [3.63, 3.8) is 0 Å². The van der Waals surface area contributed by atoms with Gasteiger partial charge in [-0.25, -0.2) is 9.79 Å². The second-order valence-corrected chi connectivity index (χ2v) is 6.62. The minimum Gasteiger partial charge on any atom is -0.489 e. The minimum atomic E-state index is -0.457. The topological polar surface area (TPSA) is 47.9 Å². The number of hydrogen-bond donors (Lipinski definition) is 0. The molecule has 0 radical (unpaired) electrons. The Labute approximate surface area is 167 Å². The molecule has 0 amide bonds. The number of rotatable bonds is 5. The average molecular weight is 390 g/mol. The maximum Gasteiger partial charge on any atom is 0.363 e. The predicted octanol–water partition coefficient (Wildman–Crippen LogP) is 5.26. The SMILES string of the molecule is O=C1OC(c2ccccc2)=N/C1=C\c1ccc(OCc2ccc(Cl)cc2)cc1. The van der Waals surface area contributed by atoms with Crippen LogP contribution in [0.25, 0.3) is 6.08 Å². The Morgan fingerprint density at radius 3 is 2.36 bits per heavy atom. The fourth-order valence-corrected chi connectivity index (χ4v) is 2.80. The largest absolute Gasteiger partial charge is 0.489 e. The summed E-state index contributed by atoms with van der Waals surface area (Å²) in [6, 6.07) is 24.3. The number of hydrogen-bond acceptors (Lipinski definition) is 4. The molecular weight excluding hydrogens is 374 g/mol. The van der Waals surface area contributed by atoms with Gasteiger partial charge in [-0.05, 0) is 53.6 Å². The second-order valence-electron chi connectivity index (χ2n) is 6.19. The van der Waals surface area contributed by atoms with Crippen molar-refractivity contribution in [1.29, 1.82) is 0 Å². The van der Waals surface area contributed by atoms with Gasteiger partial charge in [-0.1, -0.05) is 54.1 Å². The van der Waals surface area contributed by atoms with Crippen LogP contribution in [-0.4, -0.2) is 11.9 Å². The summed E-state index contributed by atoms with van der Waals surface area (Å²) in [6.07, 6.45) is 1.70. The number of nitrogens with zero attached hydrogens (tertiary/aromatic N) is 1. The maximum atomic E-state index is 12.1. The van der Waals surface area contributed by atoms with Crippen LogP contribution in [0.5, 0.6) is 5.75 Å². The molecule has 3 aromatic carbocycles. The quantitative estimate of drug-likeness (QED) is 0.441. The molecule has 0 aromatic heterocycles. The molecule has 5 heteroatoms. The van der Waals surface area contributed by atoms with Gasteiger partial charge in [-0.2, -0.15) is 0 Å². The first-order chi connectivity index (χ1) is 13.7. The first kappa shape index (κ1) is 18.0. The molecule has 4 rings (SSSR count). The van der Waals surface area contributed by atoms with Crippen molar-refractivity contribution < 1.29 is 14.3 Å². The summed E-state index contributed by atoms with van der Waals surface area (Å²) in [5.74, 6) is 0.598. The second kappa shape index (κ2) is 8.11. The smallest absolute Gasteiger partial charge is 0.363 e. The van der Waals surface area contributed by atoms with Gasteiger partial charge < -0.3 is 9.47 Å². The highest BCUT2D eigenvalue weighted by Gasteiger charge is 2.23. The number of halogens is 1. The first-order valence-corrected chi connectivity index (χ1v) is 9.10. The molecule has 0 saturated heterocycles. The number of benzene rings is 3. The standard InChI is InChI=1S/C23H16ClNO3/c24-19-10-6-17(7-11-19)15-27-20-12-8-16(9-13-20)14-21-23(26)28-22(25-21)18-4-2-1-3-5-18/h1-14H,15H2/b21-14-. The van der Waals surface area contributed by atoms with Crippen molar-refractivity contribution in [2.45, 2.75) is 6.61 Å². The molecule has 28 heavy (non-hydrogen) atoms. The lowest BCUT2D eigenvalue weighted by atomic mass is 10.2. The van der Waals surface area contributed by atoms with E-state index in [0.717, 1.165) is 22.4 Å². The molecule has 4 nitrogen and oxygen atoms in total. The van der Waals surface area contributed by atoms with Gasteiger partial charge in [0.1, 0.15) is 12.4 Å². The summed E-state index contributed by atoms with van der Waals surface area (Å²) in [5, 5.41) is 0.699. The predicted molar refractivity (Wildman–Crippen MR) is 109 cm³/mol. The van der Waals surface area contributed by atoms with Crippen molar-refractivity contribution in [2.24, 2.45) is 4.99 Å². The maximum absolute atomic E-state index is 12.1. The zero-order valence-corrected chi connectivity index (χ0v) is 15.6. The number of cyclic esters (lactones) is 1. The molecule has 1 aliphatic heterocycles. The van der Waals surface area contributed by atoms with E-state index >= 15 is 0 Å². The summed E-state index contributed by atoms with van der Waals surface area (Å²) >= 11 is 5.88.